The first-order chi connectivity index (χ1) is 12.5. The van der Waals surface area contributed by atoms with Crippen LogP contribution >= 0.6 is 0 Å². The topological polar surface area (TPSA) is 61.4 Å². The molecule has 1 aliphatic rings. The Morgan fingerprint density at radius 1 is 1.00 bits per heavy atom. The Balaban J connectivity index is 1.50. The summed E-state index contributed by atoms with van der Waals surface area (Å²) in [6, 6.07) is 14.1. The number of hydrogen-bond donors (Lipinski definition) is 2. The molecule has 2 N–H and O–H groups in total. The number of nitrogens with zero attached hydrogens (tertiary/aromatic N) is 1. The van der Waals surface area contributed by atoms with Gasteiger partial charge in [-0.05, 0) is 55.0 Å². The maximum Gasteiger partial charge on any atom is 0.257 e. The van der Waals surface area contributed by atoms with Crippen molar-refractivity contribution in [1.29, 1.82) is 0 Å². The lowest BCUT2D eigenvalue weighted by molar-refractivity contribution is -0.127. The second-order valence-electron chi connectivity index (χ2n) is 6.85. The van der Waals surface area contributed by atoms with Crippen LogP contribution in [0.2, 0.25) is 0 Å². The maximum absolute atomic E-state index is 12.2. The highest BCUT2D eigenvalue weighted by molar-refractivity contribution is 5.86. The number of carbonyl (C=O) groups is 2. The van der Waals surface area contributed by atoms with E-state index in [1.54, 1.807) is 0 Å². The molecule has 0 spiro atoms. The van der Waals surface area contributed by atoms with Crippen LogP contribution < -0.4 is 15.8 Å². The Labute approximate surface area is 154 Å². The van der Waals surface area contributed by atoms with Gasteiger partial charge in [-0.2, -0.15) is 0 Å². The monoisotopic (exact) mass is 351 g/mol. The van der Waals surface area contributed by atoms with E-state index < -0.39 is 0 Å². The van der Waals surface area contributed by atoms with Crippen LogP contribution in [0.15, 0.2) is 42.5 Å². The Kier molecular flexibility index (Phi) is 5.56. The van der Waals surface area contributed by atoms with Crippen molar-refractivity contribution in [2.75, 3.05) is 18.0 Å². The van der Waals surface area contributed by atoms with E-state index >= 15 is 0 Å². The van der Waals surface area contributed by atoms with Crippen molar-refractivity contribution in [2.45, 2.75) is 33.1 Å². The quantitative estimate of drug-likeness (QED) is 0.832. The average molecular weight is 351 g/mol. The molecule has 0 aliphatic carbocycles. The maximum atomic E-state index is 12.2. The number of anilines is 1. The highest BCUT2D eigenvalue weighted by atomic mass is 16.2. The number of benzene rings is 2. The zero-order chi connectivity index (χ0) is 18.5. The van der Waals surface area contributed by atoms with Gasteiger partial charge in [-0.1, -0.05) is 36.4 Å². The lowest BCUT2D eigenvalue weighted by Gasteiger charge is -2.30. The zero-order valence-electron chi connectivity index (χ0n) is 15.3. The fourth-order valence-electron chi connectivity index (χ4n) is 3.27. The minimum absolute atomic E-state index is 0.213. The van der Waals surface area contributed by atoms with E-state index in [1.807, 2.05) is 50.2 Å². The molecule has 3 rings (SSSR count). The molecule has 2 aromatic carbocycles. The summed E-state index contributed by atoms with van der Waals surface area (Å²) in [5.74, 6) is -0.434. The van der Waals surface area contributed by atoms with E-state index in [9.17, 15) is 9.59 Å². The van der Waals surface area contributed by atoms with Crippen molar-refractivity contribution in [3.63, 3.8) is 0 Å². The molecule has 0 saturated carbocycles. The number of nitrogens with one attached hydrogen (secondary N) is 2. The first-order valence-electron chi connectivity index (χ1n) is 8.99. The van der Waals surface area contributed by atoms with Crippen LogP contribution in [-0.2, 0) is 22.4 Å². The molecule has 2 aromatic rings. The molecule has 2 amide bonds. The number of carbonyl (C=O) groups excluding carboxylic acids is 2. The van der Waals surface area contributed by atoms with Crippen molar-refractivity contribution >= 4 is 17.5 Å². The fourth-order valence-corrected chi connectivity index (χ4v) is 3.27. The van der Waals surface area contributed by atoms with Gasteiger partial charge in [0, 0.05) is 12.2 Å². The highest BCUT2D eigenvalue weighted by Crippen LogP contribution is 2.26. The number of fused-ring (bicyclic) bond motifs is 1. The molecule has 1 heterocycles. The van der Waals surface area contributed by atoms with Gasteiger partial charge in [0.1, 0.15) is 0 Å². The Morgan fingerprint density at radius 3 is 2.58 bits per heavy atom. The minimum Gasteiger partial charge on any atom is -0.362 e. The first-order valence-corrected chi connectivity index (χ1v) is 8.99. The molecular formula is C21H25N3O2. The van der Waals surface area contributed by atoms with Gasteiger partial charge in [-0.3, -0.25) is 20.4 Å². The largest absolute Gasteiger partial charge is 0.362 e. The smallest absolute Gasteiger partial charge is 0.257 e. The number of aryl methyl sites for hydroxylation is 3. The van der Waals surface area contributed by atoms with Crippen molar-refractivity contribution in [2.24, 2.45) is 0 Å². The summed E-state index contributed by atoms with van der Waals surface area (Å²) in [6.07, 6.45) is 2.32. The second kappa shape index (κ2) is 8.04. The predicted molar refractivity (Wildman–Crippen MR) is 103 cm³/mol. The summed E-state index contributed by atoms with van der Waals surface area (Å²) in [5.41, 5.74) is 10.7. The van der Waals surface area contributed by atoms with Crippen LogP contribution in [0.1, 0.15) is 28.7 Å². The van der Waals surface area contributed by atoms with Crippen LogP contribution in [0.25, 0.3) is 0 Å². The summed E-state index contributed by atoms with van der Waals surface area (Å²) >= 11 is 0. The predicted octanol–water partition coefficient (Wildman–Crippen LogP) is 2.45. The van der Waals surface area contributed by atoms with Crippen molar-refractivity contribution in [3.05, 3.63) is 64.7 Å². The van der Waals surface area contributed by atoms with Gasteiger partial charge in [0.15, 0.2) is 0 Å². The number of hydrogen-bond acceptors (Lipinski definition) is 3. The number of hydrazine groups is 1. The first kappa shape index (κ1) is 18.0. The molecule has 1 aliphatic heterocycles. The molecule has 0 radical (unpaired) electrons. The van der Waals surface area contributed by atoms with Crippen LogP contribution in [0, 0.1) is 13.8 Å². The Morgan fingerprint density at radius 2 is 1.77 bits per heavy atom. The lowest BCUT2D eigenvalue weighted by Crippen LogP contribution is -2.47. The van der Waals surface area contributed by atoms with E-state index in [0.717, 1.165) is 36.2 Å². The summed E-state index contributed by atoms with van der Waals surface area (Å²) in [6.45, 7) is 5.15. The van der Waals surface area contributed by atoms with Crippen molar-refractivity contribution in [1.82, 2.24) is 10.9 Å². The second-order valence-corrected chi connectivity index (χ2v) is 6.85. The molecule has 0 saturated heterocycles. The standard InChI is InChI=1S/C21H25N3O2/c1-15-9-10-17(12-16(15)2)13-20(25)22-23-21(26)14-24-11-5-7-18-6-3-4-8-19(18)24/h3-4,6,8-10,12H,5,7,11,13-14H2,1-2H3,(H,22,25)(H,23,26). The van der Waals surface area contributed by atoms with Crippen LogP contribution in [0.4, 0.5) is 5.69 Å². The minimum atomic E-state index is -0.222. The third-order valence-corrected chi connectivity index (χ3v) is 4.82. The zero-order valence-corrected chi connectivity index (χ0v) is 15.3. The lowest BCUT2D eigenvalue weighted by atomic mass is 10.0. The molecule has 0 bridgehead atoms. The molecule has 0 fully saturated rings. The van der Waals surface area contributed by atoms with E-state index in [1.165, 1.54) is 11.1 Å². The van der Waals surface area contributed by atoms with E-state index in [-0.39, 0.29) is 24.8 Å². The van der Waals surface area contributed by atoms with Gasteiger partial charge >= 0.3 is 0 Å². The third-order valence-electron chi connectivity index (χ3n) is 4.82. The summed E-state index contributed by atoms with van der Waals surface area (Å²) < 4.78 is 0. The van der Waals surface area contributed by atoms with Gasteiger partial charge < -0.3 is 4.90 Å². The van der Waals surface area contributed by atoms with Gasteiger partial charge in [-0.25, -0.2) is 0 Å². The summed E-state index contributed by atoms with van der Waals surface area (Å²) in [4.78, 5) is 26.3. The molecule has 136 valence electrons. The molecule has 5 heteroatoms. The number of rotatable bonds is 4. The summed E-state index contributed by atoms with van der Waals surface area (Å²) in [7, 11) is 0. The van der Waals surface area contributed by atoms with E-state index in [4.69, 9.17) is 0 Å². The fraction of sp³-hybridized carbons (Fsp3) is 0.333. The molecule has 0 aromatic heterocycles. The number of amides is 2. The Bertz CT molecular complexity index is 817. The molecule has 26 heavy (non-hydrogen) atoms. The number of para-hydroxylation sites is 1. The molecule has 0 atom stereocenters. The highest BCUT2D eigenvalue weighted by Gasteiger charge is 2.18. The molecule has 5 nitrogen and oxygen atoms in total. The van der Waals surface area contributed by atoms with Gasteiger partial charge in [-0.15, -0.1) is 0 Å². The van der Waals surface area contributed by atoms with Crippen molar-refractivity contribution in [3.8, 4) is 0 Å². The van der Waals surface area contributed by atoms with Crippen LogP contribution in [0.3, 0.4) is 0 Å². The van der Waals surface area contributed by atoms with E-state index in [2.05, 4.69) is 21.8 Å². The third kappa shape index (κ3) is 4.42. The van der Waals surface area contributed by atoms with Crippen LogP contribution in [0.5, 0.6) is 0 Å². The molecule has 0 unspecified atom stereocenters. The SMILES string of the molecule is Cc1ccc(CC(=O)NNC(=O)CN2CCCc3ccccc32)cc1C. The van der Waals surface area contributed by atoms with Gasteiger partial charge in [0.25, 0.3) is 5.91 Å². The van der Waals surface area contributed by atoms with Crippen molar-refractivity contribution < 1.29 is 9.59 Å². The van der Waals surface area contributed by atoms with Gasteiger partial charge in [0.05, 0.1) is 13.0 Å². The summed E-state index contributed by atoms with van der Waals surface area (Å²) in [5, 5.41) is 0. The molecular weight excluding hydrogens is 326 g/mol. The Hall–Kier alpha value is -2.82. The normalized spacial score (nSPS) is 13.1. The van der Waals surface area contributed by atoms with E-state index in [0.29, 0.717) is 0 Å². The average Bonchev–Trinajstić information content (AvgIpc) is 2.63. The van der Waals surface area contributed by atoms with Crippen LogP contribution in [-0.4, -0.2) is 24.9 Å². The van der Waals surface area contributed by atoms with Gasteiger partial charge in [0.2, 0.25) is 5.91 Å².